The number of fused-ring (bicyclic) bond motifs is 1. The Morgan fingerprint density at radius 3 is 2.28 bits per heavy atom. The van der Waals surface area contributed by atoms with Crippen molar-refractivity contribution in [2.24, 2.45) is 0 Å². The molecule has 2 N–H and O–H groups in total. The van der Waals surface area contributed by atoms with Crippen LogP contribution in [-0.2, 0) is 15.1 Å². The number of aryl methyl sites for hydroxylation is 2. The van der Waals surface area contributed by atoms with E-state index in [-0.39, 0.29) is 11.3 Å². The van der Waals surface area contributed by atoms with Crippen molar-refractivity contribution in [3.05, 3.63) is 118 Å². The van der Waals surface area contributed by atoms with Crippen LogP contribution in [0.1, 0.15) is 40.8 Å². The van der Waals surface area contributed by atoms with Crippen LogP contribution >= 0.6 is 0 Å². The summed E-state index contributed by atoms with van der Waals surface area (Å²) in [5.41, 5.74) is 4.80. The van der Waals surface area contributed by atoms with Gasteiger partial charge < -0.3 is 14.8 Å². The molecule has 4 aromatic rings. The highest BCUT2D eigenvalue weighted by molar-refractivity contribution is 5.96. The van der Waals surface area contributed by atoms with E-state index >= 15 is 0 Å². The van der Waals surface area contributed by atoms with Gasteiger partial charge in [0.15, 0.2) is 11.4 Å². The first-order valence-corrected chi connectivity index (χ1v) is 10.8. The first-order valence-electron chi connectivity index (χ1n) is 10.8. The second kappa shape index (κ2) is 7.41. The van der Waals surface area contributed by atoms with E-state index in [1.807, 2.05) is 60.7 Å². The maximum Gasteiger partial charge on any atom is 0.339 e. The lowest BCUT2D eigenvalue weighted by Gasteiger charge is -2.23. The third-order valence-corrected chi connectivity index (χ3v) is 6.51. The minimum absolute atomic E-state index is 0.0446. The minimum atomic E-state index is -1.22. The van der Waals surface area contributed by atoms with Crippen LogP contribution in [0.5, 0.6) is 0 Å². The van der Waals surface area contributed by atoms with Gasteiger partial charge in [0.1, 0.15) is 0 Å². The van der Waals surface area contributed by atoms with Crippen LogP contribution < -0.4 is 0 Å². The molecule has 160 valence electrons. The predicted octanol–water partition coefficient (Wildman–Crippen LogP) is 6.20. The molecule has 4 heteroatoms. The fraction of sp³-hybridized carbons (Fsp3) is 0.179. The van der Waals surface area contributed by atoms with Crippen molar-refractivity contribution in [2.75, 3.05) is 0 Å². The van der Waals surface area contributed by atoms with E-state index in [2.05, 4.69) is 37.0 Å². The predicted molar refractivity (Wildman–Crippen MR) is 126 cm³/mol. The Hall–Kier alpha value is -3.79. The van der Waals surface area contributed by atoms with Crippen LogP contribution in [0, 0.1) is 13.8 Å². The van der Waals surface area contributed by atoms with Gasteiger partial charge in [0.05, 0.1) is 11.5 Å². The van der Waals surface area contributed by atoms with Crippen LogP contribution in [-0.4, -0.2) is 16.1 Å². The van der Waals surface area contributed by atoms with Crippen molar-refractivity contribution in [3.63, 3.8) is 0 Å². The Balaban J connectivity index is 1.76. The highest BCUT2D eigenvalue weighted by atomic mass is 16.6. The molecular formula is C28H25NO3. The number of carbonyl (C=O) groups excluding carboxylic acids is 1. The topological polar surface area (TPSA) is 62.3 Å². The second-order valence-corrected chi connectivity index (χ2v) is 8.61. The number of ether oxygens (including phenoxy) is 1. The average Bonchev–Trinajstić information content (AvgIpc) is 3.24. The van der Waals surface area contributed by atoms with E-state index in [1.54, 1.807) is 6.92 Å². The van der Waals surface area contributed by atoms with Gasteiger partial charge in [0.25, 0.3) is 0 Å². The summed E-state index contributed by atoms with van der Waals surface area (Å²) in [7, 11) is 0. The van der Waals surface area contributed by atoms with Crippen LogP contribution in [0.2, 0.25) is 0 Å². The van der Waals surface area contributed by atoms with Gasteiger partial charge in [-0.2, -0.15) is 0 Å². The number of benzene rings is 3. The van der Waals surface area contributed by atoms with Gasteiger partial charge in [0, 0.05) is 22.2 Å². The molecule has 0 radical (unpaired) electrons. The lowest BCUT2D eigenvalue weighted by molar-refractivity contribution is -0.147. The molecule has 2 atom stereocenters. The maximum atomic E-state index is 13.3. The molecule has 2 heterocycles. The molecule has 1 aromatic heterocycles. The summed E-state index contributed by atoms with van der Waals surface area (Å²) in [5, 5.41) is 12.6. The van der Waals surface area contributed by atoms with Crippen molar-refractivity contribution in [1.29, 1.82) is 0 Å². The SMILES string of the molecule is Cc1ccc2[nH]c([C@@H](C3=C(O)[C@@](C)(c4ccccc4)OC3=O)c3ccccc3)c(C)c2c1. The molecule has 4 nitrogen and oxygen atoms in total. The van der Waals surface area contributed by atoms with Crippen molar-refractivity contribution in [3.8, 4) is 0 Å². The molecule has 0 aliphatic carbocycles. The lowest BCUT2D eigenvalue weighted by Crippen LogP contribution is -2.25. The number of esters is 1. The highest BCUT2D eigenvalue weighted by Crippen LogP contribution is 2.47. The van der Waals surface area contributed by atoms with Crippen molar-refractivity contribution < 1.29 is 14.6 Å². The molecule has 32 heavy (non-hydrogen) atoms. The summed E-state index contributed by atoms with van der Waals surface area (Å²) in [6, 6.07) is 25.4. The van der Waals surface area contributed by atoms with Crippen LogP contribution in [0.3, 0.4) is 0 Å². The molecule has 1 aliphatic heterocycles. The molecule has 0 amide bonds. The summed E-state index contributed by atoms with van der Waals surface area (Å²) in [6.45, 7) is 5.86. The highest BCUT2D eigenvalue weighted by Gasteiger charge is 2.49. The molecule has 0 saturated heterocycles. The van der Waals surface area contributed by atoms with Gasteiger partial charge in [-0.15, -0.1) is 0 Å². The van der Waals surface area contributed by atoms with E-state index in [4.69, 9.17) is 4.74 Å². The zero-order valence-electron chi connectivity index (χ0n) is 18.3. The molecule has 0 fully saturated rings. The van der Waals surface area contributed by atoms with E-state index < -0.39 is 17.5 Å². The first-order chi connectivity index (χ1) is 15.4. The molecular weight excluding hydrogens is 398 g/mol. The van der Waals surface area contributed by atoms with Gasteiger partial charge in [-0.05, 0) is 44.0 Å². The summed E-state index contributed by atoms with van der Waals surface area (Å²) in [4.78, 5) is 16.8. The molecule has 0 spiro atoms. The van der Waals surface area contributed by atoms with E-state index in [0.29, 0.717) is 0 Å². The van der Waals surface area contributed by atoms with E-state index in [0.717, 1.165) is 33.3 Å². The minimum Gasteiger partial charge on any atom is -0.507 e. The normalized spacial score (nSPS) is 19.4. The number of hydrogen-bond acceptors (Lipinski definition) is 3. The van der Waals surface area contributed by atoms with Crippen LogP contribution in [0.4, 0.5) is 0 Å². The number of aromatic amines is 1. The summed E-state index contributed by atoms with van der Waals surface area (Å²) >= 11 is 0. The number of hydrogen-bond donors (Lipinski definition) is 2. The van der Waals surface area contributed by atoms with Crippen LogP contribution in [0.25, 0.3) is 10.9 Å². The fourth-order valence-corrected chi connectivity index (χ4v) is 4.72. The molecule has 0 unspecified atom stereocenters. The zero-order valence-corrected chi connectivity index (χ0v) is 18.3. The molecule has 5 rings (SSSR count). The fourth-order valence-electron chi connectivity index (χ4n) is 4.72. The van der Waals surface area contributed by atoms with Gasteiger partial charge >= 0.3 is 5.97 Å². The number of nitrogens with one attached hydrogen (secondary N) is 1. The summed E-state index contributed by atoms with van der Waals surface area (Å²) < 4.78 is 5.84. The van der Waals surface area contributed by atoms with Gasteiger partial charge in [-0.1, -0.05) is 72.3 Å². The van der Waals surface area contributed by atoms with E-state index in [1.165, 1.54) is 5.56 Å². The smallest absolute Gasteiger partial charge is 0.339 e. The number of aromatic nitrogens is 1. The Kier molecular flexibility index (Phi) is 4.66. The lowest BCUT2D eigenvalue weighted by atomic mass is 9.83. The average molecular weight is 424 g/mol. The van der Waals surface area contributed by atoms with E-state index in [9.17, 15) is 9.90 Å². The second-order valence-electron chi connectivity index (χ2n) is 8.61. The molecule has 1 aliphatic rings. The van der Waals surface area contributed by atoms with Gasteiger partial charge in [-0.3, -0.25) is 0 Å². The monoisotopic (exact) mass is 423 g/mol. The summed E-state index contributed by atoms with van der Waals surface area (Å²) in [6.07, 6.45) is 0. The summed E-state index contributed by atoms with van der Waals surface area (Å²) in [5.74, 6) is -1.03. The molecule has 0 bridgehead atoms. The number of carbonyl (C=O) groups is 1. The molecule has 0 saturated carbocycles. The Morgan fingerprint density at radius 1 is 0.938 bits per heavy atom. The number of aliphatic hydroxyl groups is 1. The van der Waals surface area contributed by atoms with Crippen molar-refractivity contribution in [2.45, 2.75) is 32.3 Å². The zero-order chi connectivity index (χ0) is 22.5. The van der Waals surface area contributed by atoms with Gasteiger partial charge in [0.2, 0.25) is 0 Å². The Morgan fingerprint density at radius 2 is 1.59 bits per heavy atom. The van der Waals surface area contributed by atoms with Crippen molar-refractivity contribution >= 4 is 16.9 Å². The first kappa shape index (κ1) is 20.1. The maximum absolute atomic E-state index is 13.3. The number of H-pyrrole nitrogens is 1. The quantitative estimate of drug-likeness (QED) is 0.384. The number of aliphatic hydroxyl groups excluding tert-OH is 1. The standard InChI is InChI=1S/C28H25NO3/c1-17-14-15-22-21(16-17)18(2)25(29-22)23(19-10-6-4-7-11-19)24-26(30)28(3,32-27(24)31)20-12-8-5-9-13-20/h4-16,23,29-30H,1-3H3/t23-,28-/m1/s1. The Bertz CT molecular complexity index is 1350. The third kappa shape index (κ3) is 3.02. The van der Waals surface area contributed by atoms with Gasteiger partial charge in [-0.25, -0.2) is 4.79 Å². The largest absolute Gasteiger partial charge is 0.507 e. The number of rotatable bonds is 4. The molecule has 3 aromatic carbocycles. The number of cyclic esters (lactones) is 1. The third-order valence-electron chi connectivity index (χ3n) is 6.51. The van der Waals surface area contributed by atoms with Crippen molar-refractivity contribution in [1.82, 2.24) is 4.98 Å². The Labute approximate surface area is 187 Å². The van der Waals surface area contributed by atoms with Crippen LogP contribution in [0.15, 0.2) is 90.2 Å².